The van der Waals surface area contributed by atoms with Crippen molar-refractivity contribution < 1.29 is 49.7 Å². The van der Waals surface area contributed by atoms with Crippen LogP contribution in [0.1, 0.15) is 6.42 Å². The molecule has 11 heteroatoms. The highest BCUT2D eigenvalue weighted by molar-refractivity contribution is 5.78. The average molecular weight is 339 g/mol. The Morgan fingerprint density at radius 2 is 2.00 bits per heavy atom. The third-order valence-electron chi connectivity index (χ3n) is 3.62. The molecule has 11 nitrogen and oxygen atoms in total. The maximum atomic E-state index is 11.4. The predicted molar refractivity (Wildman–Crippen MR) is 71.0 cm³/mol. The van der Waals surface area contributed by atoms with E-state index in [2.05, 4.69) is 5.32 Å². The van der Waals surface area contributed by atoms with Gasteiger partial charge in [-0.25, -0.2) is 4.79 Å². The molecule has 0 aromatic rings. The monoisotopic (exact) mass is 339 g/mol. The molecule has 1 aliphatic rings. The lowest BCUT2D eigenvalue weighted by Gasteiger charge is -2.46. The first kappa shape index (κ1) is 19.7. The van der Waals surface area contributed by atoms with Crippen molar-refractivity contribution in [3.63, 3.8) is 0 Å². The van der Waals surface area contributed by atoms with Crippen LogP contribution < -0.4 is 5.32 Å². The van der Waals surface area contributed by atoms with E-state index >= 15 is 0 Å². The fourth-order valence-corrected chi connectivity index (χ4v) is 2.34. The van der Waals surface area contributed by atoms with Gasteiger partial charge >= 0.3 is 5.97 Å². The molecule has 1 rings (SSSR count). The summed E-state index contributed by atoms with van der Waals surface area (Å²) in [5, 5.41) is 58.8. The van der Waals surface area contributed by atoms with E-state index in [-0.39, 0.29) is 0 Å². The van der Waals surface area contributed by atoms with Crippen molar-refractivity contribution in [3.05, 3.63) is 0 Å². The Balaban J connectivity index is 3.14. The third-order valence-corrected chi connectivity index (χ3v) is 3.62. The molecule has 0 bridgehead atoms. The molecule has 0 radical (unpaired) electrons. The van der Waals surface area contributed by atoms with Crippen molar-refractivity contribution in [1.29, 1.82) is 0 Å². The van der Waals surface area contributed by atoms with Crippen molar-refractivity contribution in [2.75, 3.05) is 20.3 Å². The highest BCUT2D eigenvalue weighted by Gasteiger charge is 2.55. The number of ether oxygens (including phenoxy) is 2. The van der Waals surface area contributed by atoms with E-state index < -0.39 is 67.8 Å². The summed E-state index contributed by atoms with van der Waals surface area (Å²) in [6.45, 7) is -1.78. The Kier molecular flexibility index (Phi) is 6.83. The molecule has 6 atom stereocenters. The molecule has 0 saturated carbocycles. The van der Waals surface area contributed by atoms with E-state index in [9.17, 15) is 30.0 Å². The molecular weight excluding hydrogens is 318 g/mol. The highest BCUT2D eigenvalue weighted by Crippen LogP contribution is 2.32. The summed E-state index contributed by atoms with van der Waals surface area (Å²) in [4.78, 5) is 22.7. The molecule has 0 aromatic heterocycles. The number of carbonyl (C=O) groups is 2. The van der Waals surface area contributed by atoms with E-state index in [0.717, 1.165) is 7.11 Å². The lowest BCUT2D eigenvalue weighted by Crippen LogP contribution is -2.68. The maximum Gasteiger partial charge on any atom is 0.364 e. The third kappa shape index (κ3) is 4.14. The van der Waals surface area contributed by atoms with Gasteiger partial charge in [0.2, 0.25) is 5.91 Å². The Morgan fingerprint density at radius 3 is 2.43 bits per heavy atom. The lowest BCUT2D eigenvalue weighted by molar-refractivity contribution is -0.303. The summed E-state index contributed by atoms with van der Waals surface area (Å²) < 4.78 is 9.98. The number of aliphatic hydroxyl groups excluding tert-OH is 5. The van der Waals surface area contributed by atoms with Crippen LogP contribution in [0.4, 0.5) is 0 Å². The Hall–Kier alpha value is -1.34. The maximum absolute atomic E-state index is 11.4. The van der Waals surface area contributed by atoms with E-state index in [1.807, 2.05) is 0 Å². The van der Waals surface area contributed by atoms with Gasteiger partial charge in [-0.2, -0.15) is 0 Å². The Morgan fingerprint density at radius 1 is 1.39 bits per heavy atom. The minimum absolute atomic E-state index is 0.576. The number of aliphatic hydroxyl groups is 5. The number of carboxylic acid groups (broad SMARTS) is 1. The molecule has 1 heterocycles. The van der Waals surface area contributed by atoms with Gasteiger partial charge in [0, 0.05) is 13.5 Å². The number of hydrogen-bond donors (Lipinski definition) is 7. The first-order chi connectivity index (χ1) is 10.7. The molecule has 23 heavy (non-hydrogen) atoms. The molecule has 1 saturated heterocycles. The summed E-state index contributed by atoms with van der Waals surface area (Å²) in [7, 11) is 1.01. The minimum atomic E-state index is -2.30. The van der Waals surface area contributed by atoms with E-state index in [4.69, 9.17) is 19.7 Å². The topological polar surface area (TPSA) is 186 Å². The Labute approximate surface area is 131 Å². The fraction of sp³-hybridized carbons (Fsp3) is 0.833. The number of carboxylic acids is 1. The second-order valence-corrected chi connectivity index (χ2v) is 5.11. The lowest BCUT2D eigenvalue weighted by atomic mass is 9.88. The van der Waals surface area contributed by atoms with Gasteiger partial charge in [0.05, 0.1) is 18.8 Å². The van der Waals surface area contributed by atoms with Gasteiger partial charge in [0.1, 0.15) is 24.9 Å². The molecule has 0 aromatic carbocycles. The van der Waals surface area contributed by atoms with Crippen LogP contribution in [0.2, 0.25) is 0 Å². The van der Waals surface area contributed by atoms with Crippen LogP contribution >= 0.6 is 0 Å². The molecule has 0 spiro atoms. The summed E-state index contributed by atoms with van der Waals surface area (Å²) in [6, 6.07) is -1.34. The zero-order chi connectivity index (χ0) is 17.8. The van der Waals surface area contributed by atoms with Crippen molar-refractivity contribution in [2.45, 2.75) is 42.7 Å². The van der Waals surface area contributed by atoms with Crippen LogP contribution in [0.3, 0.4) is 0 Å². The van der Waals surface area contributed by atoms with Gasteiger partial charge in [-0.15, -0.1) is 0 Å². The molecule has 1 amide bonds. The van der Waals surface area contributed by atoms with Gasteiger partial charge in [0.25, 0.3) is 5.79 Å². The smallest absolute Gasteiger partial charge is 0.364 e. The molecule has 1 aliphatic heterocycles. The Bertz CT molecular complexity index is 432. The normalized spacial score (nSPS) is 33.7. The summed E-state index contributed by atoms with van der Waals surface area (Å²) in [6.07, 6.45) is -7.28. The number of rotatable bonds is 7. The van der Waals surface area contributed by atoms with Crippen molar-refractivity contribution in [2.24, 2.45) is 0 Å². The van der Waals surface area contributed by atoms with Crippen LogP contribution in [0.25, 0.3) is 0 Å². The van der Waals surface area contributed by atoms with E-state index in [1.54, 1.807) is 0 Å². The molecular formula is C12H21NO10. The minimum Gasteiger partial charge on any atom is -0.477 e. The number of amides is 1. The van der Waals surface area contributed by atoms with Gasteiger partial charge in [-0.05, 0) is 0 Å². The van der Waals surface area contributed by atoms with Crippen LogP contribution in [0.5, 0.6) is 0 Å². The molecule has 134 valence electrons. The van der Waals surface area contributed by atoms with Crippen molar-refractivity contribution in [1.82, 2.24) is 5.32 Å². The largest absolute Gasteiger partial charge is 0.477 e. The molecule has 7 N–H and O–H groups in total. The number of methoxy groups -OCH3 is 1. The number of hydrogen-bond acceptors (Lipinski definition) is 9. The molecule has 0 aliphatic carbocycles. The molecule has 0 unspecified atom stereocenters. The van der Waals surface area contributed by atoms with Crippen molar-refractivity contribution >= 4 is 11.9 Å². The van der Waals surface area contributed by atoms with E-state index in [1.165, 1.54) is 0 Å². The standard InChI is InChI=1S/C12H21NO10/c1-22-12(11(20)21)2-5(16)8(13-7(18)4-15)10(23-12)9(19)6(17)3-14/h5-6,8-10,14-17,19H,2-4H2,1H3,(H,13,18)(H,20,21)/t5-,6+,8+,9+,10+,12-/m0/s1. The second kappa shape index (κ2) is 7.97. The first-order valence-corrected chi connectivity index (χ1v) is 6.74. The van der Waals surface area contributed by atoms with Gasteiger partial charge < -0.3 is 45.4 Å². The average Bonchev–Trinajstić information content (AvgIpc) is 2.54. The number of carbonyl (C=O) groups excluding carboxylic acids is 1. The molecule has 1 fully saturated rings. The van der Waals surface area contributed by atoms with Crippen LogP contribution in [0, 0.1) is 0 Å². The number of nitrogens with one attached hydrogen (secondary N) is 1. The van der Waals surface area contributed by atoms with Crippen LogP contribution in [0.15, 0.2) is 0 Å². The quantitative estimate of drug-likeness (QED) is 0.239. The van der Waals surface area contributed by atoms with E-state index in [0.29, 0.717) is 0 Å². The van der Waals surface area contributed by atoms with Crippen molar-refractivity contribution in [3.8, 4) is 0 Å². The fourth-order valence-electron chi connectivity index (χ4n) is 2.34. The van der Waals surface area contributed by atoms with Crippen LogP contribution in [-0.2, 0) is 19.1 Å². The van der Waals surface area contributed by atoms with Crippen LogP contribution in [-0.4, -0.2) is 99.1 Å². The zero-order valence-electron chi connectivity index (χ0n) is 12.3. The number of aliphatic carboxylic acids is 1. The zero-order valence-corrected chi connectivity index (χ0v) is 12.3. The first-order valence-electron chi connectivity index (χ1n) is 6.74. The SMILES string of the molecule is CO[C@@]1(C(=O)O)C[C@H](O)[C@@H](NC(=O)CO)[C@H]([C@H](O)[C@H](O)CO)O1. The summed E-state index contributed by atoms with van der Waals surface area (Å²) >= 11 is 0. The second-order valence-electron chi connectivity index (χ2n) is 5.11. The summed E-state index contributed by atoms with van der Waals surface area (Å²) in [5.41, 5.74) is 0. The van der Waals surface area contributed by atoms with Gasteiger partial charge in [-0.3, -0.25) is 4.79 Å². The van der Waals surface area contributed by atoms with Gasteiger partial charge in [-0.1, -0.05) is 0 Å². The summed E-state index contributed by atoms with van der Waals surface area (Å²) in [5.74, 6) is -4.80. The van der Waals surface area contributed by atoms with Gasteiger partial charge in [0.15, 0.2) is 0 Å². The highest BCUT2D eigenvalue weighted by atomic mass is 16.7. The predicted octanol–water partition coefficient (Wildman–Crippen LogP) is -4.25.